The van der Waals surface area contributed by atoms with E-state index in [2.05, 4.69) is 10.3 Å². The maximum atomic E-state index is 11.7. The number of hydrogen-bond donors (Lipinski definition) is 1. The molecule has 1 aromatic carbocycles. The summed E-state index contributed by atoms with van der Waals surface area (Å²) >= 11 is 6.00. The molecule has 1 unspecified atom stereocenters. The summed E-state index contributed by atoms with van der Waals surface area (Å²) in [7, 11) is -0.993. The van der Waals surface area contributed by atoms with Crippen LogP contribution in [-0.2, 0) is 23.3 Å². The molecule has 0 saturated carbocycles. The highest BCUT2D eigenvalue weighted by molar-refractivity contribution is 7.91. The second-order valence-corrected chi connectivity index (χ2v) is 7.85. The number of aromatic nitrogens is 2. The van der Waals surface area contributed by atoms with Crippen LogP contribution in [0.5, 0.6) is 0 Å². The monoisotopic (exact) mass is 313 g/mol. The Kier molecular flexibility index (Phi) is 3.48. The molecule has 2 heterocycles. The van der Waals surface area contributed by atoms with Gasteiger partial charge in [-0.2, -0.15) is 0 Å². The summed E-state index contributed by atoms with van der Waals surface area (Å²) in [5, 5.41) is 3.92. The van der Waals surface area contributed by atoms with Crippen molar-refractivity contribution in [2.24, 2.45) is 7.05 Å². The summed E-state index contributed by atoms with van der Waals surface area (Å²) in [6.07, 6.45) is 0.599. The highest BCUT2D eigenvalue weighted by Crippen LogP contribution is 2.20. The largest absolute Gasteiger partial charge is 0.331 e. The first-order valence-electron chi connectivity index (χ1n) is 6.49. The lowest BCUT2D eigenvalue weighted by molar-refractivity contribution is 0.505. The number of halogens is 1. The summed E-state index contributed by atoms with van der Waals surface area (Å²) < 4.78 is 25.3. The van der Waals surface area contributed by atoms with Crippen molar-refractivity contribution in [2.45, 2.75) is 12.5 Å². The van der Waals surface area contributed by atoms with Gasteiger partial charge in [-0.25, -0.2) is 13.4 Å². The van der Waals surface area contributed by atoms with E-state index in [1.807, 2.05) is 29.8 Å². The number of sulfone groups is 1. The number of imidazole rings is 1. The number of rotatable bonds is 2. The summed E-state index contributed by atoms with van der Waals surface area (Å²) in [6, 6.07) is 5.49. The van der Waals surface area contributed by atoms with Crippen molar-refractivity contribution in [1.82, 2.24) is 14.9 Å². The minimum Gasteiger partial charge on any atom is -0.331 e. The van der Waals surface area contributed by atoms with Crippen LogP contribution in [0.15, 0.2) is 18.2 Å². The van der Waals surface area contributed by atoms with Crippen molar-refractivity contribution >= 4 is 32.5 Å². The Morgan fingerprint density at radius 3 is 3.05 bits per heavy atom. The molecule has 7 heteroatoms. The lowest BCUT2D eigenvalue weighted by atomic mass is 10.2. The number of nitrogens with zero attached hydrogens (tertiary/aromatic N) is 2. The third-order valence-corrected chi connectivity index (χ3v) is 5.64. The smallest absolute Gasteiger partial charge is 0.153 e. The number of aryl methyl sites for hydroxylation is 1. The van der Waals surface area contributed by atoms with Gasteiger partial charge in [0.05, 0.1) is 22.5 Å². The normalized spacial score (nSPS) is 22.2. The number of benzene rings is 1. The highest BCUT2D eigenvalue weighted by Gasteiger charge is 2.25. The Morgan fingerprint density at radius 2 is 2.30 bits per heavy atom. The van der Waals surface area contributed by atoms with Gasteiger partial charge in [-0.15, -0.1) is 0 Å². The first-order chi connectivity index (χ1) is 9.44. The predicted octanol–water partition coefficient (Wildman–Crippen LogP) is 1.16. The topological polar surface area (TPSA) is 64.0 Å². The van der Waals surface area contributed by atoms with Gasteiger partial charge < -0.3 is 9.88 Å². The zero-order valence-electron chi connectivity index (χ0n) is 11.1. The Labute approximate surface area is 122 Å². The van der Waals surface area contributed by atoms with E-state index < -0.39 is 9.84 Å². The van der Waals surface area contributed by atoms with Gasteiger partial charge in [-0.3, -0.25) is 0 Å². The Hall–Kier alpha value is -1.11. The van der Waals surface area contributed by atoms with Gasteiger partial charge in [0.1, 0.15) is 5.82 Å². The van der Waals surface area contributed by atoms with Gasteiger partial charge in [0.25, 0.3) is 0 Å². The molecule has 108 valence electrons. The standard InChI is InChI=1S/C13H16ClN3O2S/c1-17-12-6-9(14)2-3-11(12)16-13(17)7-10-8-20(18,19)5-4-15-10/h2-3,6,10,15H,4-5,7-8H2,1H3. The molecule has 0 bridgehead atoms. The Bertz CT molecular complexity index is 754. The first-order valence-corrected chi connectivity index (χ1v) is 8.69. The maximum Gasteiger partial charge on any atom is 0.153 e. The molecule has 1 saturated heterocycles. The molecule has 5 nitrogen and oxygen atoms in total. The molecule has 1 N–H and O–H groups in total. The van der Waals surface area contributed by atoms with Crippen LogP contribution in [-0.4, -0.2) is 42.1 Å². The molecular formula is C13H16ClN3O2S. The molecule has 1 aliphatic heterocycles. The molecule has 1 atom stereocenters. The first kappa shape index (κ1) is 13.9. The van der Waals surface area contributed by atoms with Crippen molar-refractivity contribution in [3.8, 4) is 0 Å². The Balaban J connectivity index is 1.89. The van der Waals surface area contributed by atoms with Crippen LogP contribution in [0.4, 0.5) is 0 Å². The van der Waals surface area contributed by atoms with Gasteiger partial charge >= 0.3 is 0 Å². The van der Waals surface area contributed by atoms with E-state index in [-0.39, 0.29) is 17.5 Å². The quantitative estimate of drug-likeness (QED) is 0.903. The lowest BCUT2D eigenvalue weighted by Crippen LogP contribution is -2.46. The van der Waals surface area contributed by atoms with Gasteiger partial charge in [-0.05, 0) is 18.2 Å². The van der Waals surface area contributed by atoms with E-state index in [1.54, 1.807) is 0 Å². The van der Waals surface area contributed by atoms with Crippen molar-refractivity contribution in [1.29, 1.82) is 0 Å². The summed E-state index contributed by atoms with van der Waals surface area (Å²) in [5.74, 6) is 1.27. The molecule has 2 aromatic rings. The van der Waals surface area contributed by atoms with Crippen LogP contribution in [0, 0.1) is 0 Å². The molecule has 1 aromatic heterocycles. The van der Waals surface area contributed by atoms with Crippen LogP contribution in [0.3, 0.4) is 0 Å². The average molecular weight is 314 g/mol. The van der Waals surface area contributed by atoms with Crippen LogP contribution < -0.4 is 5.32 Å². The molecule has 1 aliphatic rings. The van der Waals surface area contributed by atoms with Crippen LogP contribution in [0.25, 0.3) is 11.0 Å². The molecule has 0 radical (unpaired) electrons. The second-order valence-electron chi connectivity index (χ2n) is 5.19. The lowest BCUT2D eigenvalue weighted by Gasteiger charge is -2.23. The fourth-order valence-corrected chi connectivity index (χ4v) is 4.22. The van der Waals surface area contributed by atoms with E-state index in [0.717, 1.165) is 16.9 Å². The van der Waals surface area contributed by atoms with Gasteiger partial charge in [0.2, 0.25) is 0 Å². The minimum absolute atomic E-state index is 0.0697. The highest BCUT2D eigenvalue weighted by atomic mass is 35.5. The van der Waals surface area contributed by atoms with E-state index in [0.29, 0.717) is 18.0 Å². The maximum absolute atomic E-state index is 11.7. The van der Waals surface area contributed by atoms with E-state index in [9.17, 15) is 8.42 Å². The molecule has 0 amide bonds. The van der Waals surface area contributed by atoms with Crippen molar-refractivity contribution in [2.75, 3.05) is 18.1 Å². The number of fused-ring (bicyclic) bond motifs is 1. The molecule has 0 aliphatic carbocycles. The summed E-state index contributed by atoms with van der Waals surface area (Å²) in [5.41, 5.74) is 1.84. The third kappa shape index (κ3) is 2.68. The molecular weight excluding hydrogens is 298 g/mol. The van der Waals surface area contributed by atoms with E-state index in [1.165, 1.54) is 0 Å². The van der Waals surface area contributed by atoms with Gasteiger partial charge in [0.15, 0.2) is 9.84 Å². The van der Waals surface area contributed by atoms with Crippen molar-refractivity contribution in [3.05, 3.63) is 29.0 Å². The second kappa shape index (κ2) is 5.02. The number of nitrogens with one attached hydrogen (secondary N) is 1. The molecule has 20 heavy (non-hydrogen) atoms. The average Bonchev–Trinajstić information content (AvgIpc) is 2.66. The molecule has 3 rings (SSSR count). The Morgan fingerprint density at radius 1 is 1.50 bits per heavy atom. The van der Waals surface area contributed by atoms with Gasteiger partial charge in [0, 0.05) is 31.1 Å². The fraction of sp³-hybridized carbons (Fsp3) is 0.462. The SMILES string of the molecule is Cn1c(CC2CS(=O)(=O)CCN2)nc2ccc(Cl)cc21. The van der Waals surface area contributed by atoms with Crippen LogP contribution in [0.2, 0.25) is 5.02 Å². The zero-order chi connectivity index (χ0) is 14.3. The van der Waals surface area contributed by atoms with E-state index >= 15 is 0 Å². The zero-order valence-corrected chi connectivity index (χ0v) is 12.7. The minimum atomic E-state index is -2.92. The fourth-order valence-electron chi connectivity index (χ4n) is 2.61. The third-order valence-electron chi connectivity index (χ3n) is 3.67. The van der Waals surface area contributed by atoms with Gasteiger partial charge in [-0.1, -0.05) is 11.6 Å². The number of hydrogen-bond acceptors (Lipinski definition) is 4. The molecule has 1 fully saturated rings. The van der Waals surface area contributed by atoms with Crippen molar-refractivity contribution in [3.63, 3.8) is 0 Å². The van der Waals surface area contributed by atoms with Crippen molar-refractivity contribution < 1.29 is 8.42 Å². The summed E-state index contributed by atoms with van der Waals surface area (Å²) in [6.45, 7) is 0.517. The summed E-state index contributed by atoms with van der Waals surface area (Å²) in [4.78, 5) is 4.56. The van der Waals surface area contributed by atoms with Crippen LogP contribution >= 0.6 is 11.6 Å². The van der Waals surface area contributed by atoms with E-state index in [4.69, 9.17) is 11.6 Å². The van der Waals surface area contributed by atoms with Crippen LogP contribution in [0.1, 0.15) is 5.82 Å². The predicted molar refractivity (Wildman–Crippen MR) is 79.9 cm³/mol. The molecule has 0 spiro atoms.